The van der Waals surface area contributed by atoms with Crippen LogP contribution >= 0.6 is 0 Å². The number of hydrogen-bond donors (Lipinski definition) is 1. The third-order valence-corrected chi connectivity index (χ3v) is 3.19. The van der Waals surface area contributed by atoms with Crippen LogP contribution in [0.2, 0.25) is 0 Å². The summed E-state index contributed by atoms with van der Waals surface area (Å²) in [5.74, 6) is -0.0528. The molecule has 0 aromatic heterocycles. The minimum Gasteiger partial charge on any atom is -0.346 e. The Morgan fingerprint density at radius 3 is 2.22 bits per heavy atom. The molecule has 2 atom stereocenters. The Morgan fingerprint density at radius 2 is 1.78 bits per heavy atom. The van der Waals surface area contributed by atoms with Gasteiger partial charge in [-0.3, -0.25) is 9.59 Å². The van der Waals surface area contributed by atoms with E-state index in [9.17, 15) is 9.59 Å². The van der Waals surface area contributed by atoms with Crippen LogP contribution in [0.5, 0.6) is 0 Å². The van der Waals surface area contributed by atoms with Crippen LogP contribution in [0.4, 0.5) is 0 Å². The average Bonchev–Trinajstić information content (AvgIpc) is 2.35. The predicted molar refractivity (Wildman–Crippen MR) is 72.6 cm³/mol. The molecule has 18 heavy (non-hydrogen) atoms. The Bertz CT molecular complexity index is 423. The van der Waals surface area contributed by atoms with Gasteiger partial charge in [-0.2, -0.15) is 0 Å². The average molecular weight is 247 g/mol. The molecule has 0 radical (unpaired) electrons. The summed E-state index contributed by atoms with van der Waals surface area (Å²) in [7, 11) is 0. The van der Waals surface area contributed by atoms with Crippen LogP contribution in [0.25, 0.3) is 0 Å². The van der Waals surface area contributed by atoms with E-state index in [1.54, 1.807) is 0 Å². The molecule has 0 heterocycles. The van der Waals surface area contributed by atoms with Crippen LogP contribution < -0.4 is 5.32 Å². The second-order valence-electron chi connectivity index (χ2n) is 4.79. The molecule has 2 unspecified atom stereocenters. The highest BCUT2D eigenvalue weighted by Crippen LogP contribution is 2.14. The molecule has 0 spiro atoms. The molecule has 0 bridgehead atoms. The molecule has 0 aliphatic rings. The van der Waals surface area contributed by atoms with E-state index < -0.39 is 6.04 Å². The summed E-state index contributed by atoms with van der Waals surface area (Å²) < 4.78 is 0. The Morgan fingerprint density at radius 1 is 1.22 bits per heavy atom. The van der Waals surface area contributed by atoms with Crippen molar-refractivity contribution in [1.82, 2.24) is 5.32 Å². The number of ketones is 1. The first-order valence-corrected chi connectivity index (χ1v) is 6.33. The molecule has 0 saturated carbocycles. The standard InChI is InChI=1S/C15H21NO2/c1-5-11(3)14(16-12(4)17)15(18)13-8-6-10(2)7-9-13/h6-9,11,14H,5H2,1-4H3,(H,16,17). The second-order valence-corrected chi connectivity index (χ2v) is 4.79. The maximum Gasteiger partial charge on any atom is 0.217 e. The molecule has 1 rings (SSSR count). The fourth-order valence-corrected chi connectivity index (χ4v) is 1.82. The monoisotopic (exact) mass is 247 g/mol. The van der Waals surface area contributed by atoms with Gasteiger partial charge in [-0.05, 0) is 12.8 Å². The predicted octanol–water partition coefficient (Wildman–Crippen LogP) is 2.73. The number of amides is 1. The lowest BCUT2D eigenvalue weighted by Crippen LogP contribution is -2.44. The summed E-state index contributed by atoms with van der Waals surface area (Å²) in [5.41, 5.74) is 1.77. The van der Waals surface area contributed by atoms with Crippen molar-refractivity contribution in [3.05, 3.63) is 35.4 Å². The molecule has 1 amide bonds. The first-order chi connectivity index (χ1) is 8.45. The minimum absolute atomic E-state index is 0.0143. The molecule has 98 valence electrons. The molecule has 0 fully saturated rings. The summed E-state index contributed by atoms with van der Waals surface area (Å²) in [6.07, 6.45) is 0.850. The van der Waals surface area contributed by atoms with E-state index in [1.165, 1.54) is 6.92 Å². The fourth-order valence-electron chi connectivity index (χ4n) is 1.82. The van der Waals surface area contributed by atoms with Crippen molar-refractivity contribution in [3.8, 4) is 0 Å². The lowest BCUT2D eigenvalue weighted by molar-refractivity contribution is -0.119. The molecule has 3 heteroatoms. The molecule has 0 saturated heterocycles. The zero-order chi connectivity index (χ0) is 13.7. The van der Waals surface area contributed by atoms with Gasteiger partial charge < -0.3 is 5.32 Å². The SMILES string of the molecule is CCC(C)C(NC(C)=O)C(=O)c1ccc(C)cc1. The number of nitrogens with one attached hydrogen (secondary N) is 1. The van der Waals surface area contributed by atoms with Gasteiger partial charge in [0.1, 0.15) is 0 Å². The van der Waals surface area contributed by atoms with Crippen LogP contribution in [0, 0.1) is 12.8 Å². The Kier molecular flexibility index (Phi) is 5.08. The smallest absolute Gasteiger partial charge is 0.217 e. The van der Waals surface area contributed by atoms with Gasteiger partial charge in [-0.15, -0.1) is 0 Å². The molecule has 1 aromatic rings. The largest absolute Gasteiger partial charge is 0.346 e. The quantitative estimate of drug-likeness (QED) is 0.813. The van der Waals surface area contributed by atoms with Crippen LogP contribution in [-0.4, -0.2) is 17.7 Å². The van der Waals surface area contributed by atoms with E-state index in [2.05, 4.69) is 5.32 Å². The number of carbonyl (C=O) groups excluding carboxylic acids is 2. The van der Waals surface area contributed by atoms with Crippen molar-refractivity contribution in [2.45, 2.75) is 40.2 Å². The summed E-state index contributed by atoms with van der Waals surface area (Å²) >= 11 is 0. The van der Waals surface area contributed by atoms with Crippen LogP contribution in [-0.2, 0) is 4.79 Å². The van der Waals surface area contributed by atoms with Gasteiger partial charge in [0.2, 0.25) is 5.91 Å². The van der Waals surface area contributed by atoms with E-state index in [4.69, 9.17) is 0 Å². The number of Topliss-reactive ketones (excluding diaryl/α,β-unsaturated/α-hetero) is 1. The lowest BCUT2D eigenvalue weighted by atomic mass is 9.91. The van der Waals surface area contributed by atoms with Gasteiger partial charge in [0.15, 0.2) is 5.78 Å². The number of aryl methyl sites for hydroxylation is 1. The summed E-state index contributed by atoms with van der Waals surface area (Å²) in [5, 5.41) is 2.75. The second kappa shape index (κ2) is 6.34. The first kappa shape index (κ1) is 14.4. The van der Waals surface area contributed by atoms with Crippen molar-refractivity contribution < 1.29 is 9.59 Å². The Hall–Kier alpha value is -1.64. The van der Waals surface area contributed by atoms with Crippen molar-refractivity contribution in [2.75, 3.05) is 0 Å². The first-order valence-electron chi connectivity index (χ1n) is 6.33. The van der Waals surface area contributed by atoms with Gasteiger partial charge in [0.05, 0.1) is 6.04 Å². The van der Waals surface area contributed by atoms with E-state index in [0.717, 1.165) is 12.0 Å². The van der Waals surface area contributed by atoms with Crippen molar-refractivity contribution in [1.29, 1.82) is 0 Å². The number of carbonyl (C=O) groups is 2. The van der Waals surface area contributed by atoms with E-state index in [0.29, 0.717) is 5.56 Å². The van der Waals surface area contributed by atoms with E-state index >= 15 is 0 Å². The van der Waals surface area contributed by atoms with Gasteiger partial charge in [0.25, 0.3) is 0 Å². The molecular formula is C15H21NO2. The third kappa shape index (κ3) is 3.69. The molecule has 0 aliphatic carbocycles. The van der Waals surface area contributed by atoms with Gasteiger partial charge in [0, 0.05) is 12.5 Å². The maximum atomic E-state index is 12.4. The Labute approximate surface area is 109 Å². The van der Waals surface area contributed by atoms with Gasteiger partial charge in [-0.25, -0.2) is 0 Å². The number of benzene rings is 1. The van der Waals surface area contributed by atoms with Crippen LogP contribution in [0.15, 0.2) is 24.3 Å². The summed E-state index contributed by atoms with van der Waals surface area (Å²) in [6.45, 7) is 7.42. The summed E-state index contributed by atoms with van der Waals surface area (Å²) in [6, 6.07) is 7.02. The zero-order valence-electron chi connectivity index (χ0n) is 11.5. The molecule has 0 aliphatic heterocycles. The Balaban J connectivity index is 2.94. The normalized spacial score (nSPS) is 13.8. The maximum absolute atomic E-state index is 12.4. The molecule has 3 nitrogen and oxygen atoms in total. The summed E-state index contributed by atoms with van der Waals surface area (Å²) in [4.78, 5) is 23.6. The number of rotatable bonds is 5. The van der Waals surface area contributed by atoms with Gasteiger partial charge >= 0.3 is 0 Å². The van der Waals surface area contributed by atoms with Crippen molar-refractivity contribution >= 4 is 11.7 Å². The van der Waals surface area contributed by atoms with Crippen LogP contribution in [0.1, 0.15) is 43.1 Å². The number of hydrogen-bond acceptors (Lipinski definition) is 2. The topological polar surface area (TPSA) is 46.2 Å². The van der Waals surface area contributed by atoms with E-state index in [-0.39, 0.29) is 17.6 Å². The fraction of sp³-hybridized carbons (Fsp3) is 0.467. The molecule has 1 aromatic carbocycles. The third-order valence-electron chi connectivity index (χ3n) is 3.19. The molecule has 1 N–H and O–H groups in total. The minimum atomic E-state index is -0.435. The lowest BCUT2D eigenvalue weighted by Gasteiger charge is -2.22. The van der Waals surface area contributed by atoms with Crippen molar-refractivity contribution in [2.24, 2.45) is 5.92 Å². The highest BCUT2D eigenvalue weighted by molar-refractivity contribution is 6.01. The molecular weight excluding hydrogens is 226 g/mol. The highest BCUT2D eigenvalue weighted by atomic mass is 16.2. The van der Waals surface area contributed by atoms with E-state index in [1.807, 2.05) is 45.0 Å². The highest BCUT2D eigenvalue weighted by Gasteiger charge is 2.25. The van der Waals surface area contributed by atoms with Gasteiger partial charge in [-0.1, -0.05) is 50.1 Å². The van der Waals surface area contributed by atoms with Crippen molar-refractivity contribution in [3.63, 3.8) is 0 Å². The zero-order valence-corrected chi connectivity index (χ0v) is 11.5. The van der Waals surface area contributed by atoms with Crippen LogP contribution in [0.3, 0.4) is 0 Å².